The maximum atomic E-state index is 11.9. The fraction of sp³-hybridized carbons (Fsp3) is 0.312. The minimum absolute atomic E-state index is 0.293. The molecular weight excluding hydrogens is 286 g/mol. The van der Waals surface area contributed by atoms with E-state index in [0.717, 1.165) is 25.7 Å². The molecule has 1 heterocycles. The third kappa shape index (κ3) is 3.16. The predicted octanol–water partition coefficient (Wildman–Crippen LogP) is 2.34. The molecule has 0 aliphatic heterocycles. The number of esters is 2. The first-order chi connectivity index (χ1) is 10.5. The number of hydrogen-bond donors (Lipinski definition) is 0. The Morgan fingerprint density at radius 2 is 1.86 bits per heavy atom. The fourth-order valence-electron chi connectivity index (χ4n) is 2.21. The smallest absolute Gasteiger partial charge is 0.353 e. The van der Waals surface area contributed by atoms with E-state index in [1.807, 2.05) is 19.9 Å². The first kappa shape index (κ1) is 15.8. The van der Waals surface area contributed by atoms with Crippen LogP contribution < -0.4 is 10.5 Å². The number of fused-ring (bicyclic) bond motifs is 1. The van der Waals surface area contributed by atoms with Crippen molar-refractivity contribution in [2.24, 2.45) is 0 Å². The zero-order chi connectivity index (χ0) is 16.3. The average Bonchev–Trinajstić information content (AvgIpc) is 2.46. The van der Waals surface area contributed by atoms with Gasteiger partial charge in [0.2, 0.25) is 0 Å². The van der Waals surface area contributed by atoms with Gasteiger partial charge in [-0.15, -0.1) is 0 Å². The number of hydrogen-bond acceptors (Lipinski definition) is 6. The van der Waals surface area contributed by atoms with Crippen LogP contribution >= 0.6 is 0 Å². The summed E-state index contributed by atoms with van der Waals surface area (Å²) < 4.78 is 9.60. The van der Waals surface area contributed by atoms with Gasteiger partial charge in [-0.3, -0.25) is 4.79 Å². The van der Waals surface area contributed by atoms with Gasteiger partial charge in [0.15, 0.2) is 0 Å². The van der Waals surface area contributed by atoms with Crippen molar-refractivity contribution in [3.8, 4) is 0 Å². The number of nitrogens with zero attached hydrogens (tertiary/aromatic N) is 1. The number of anilines is 1. The second-order valence-electron chi connectivity index (χ2n) is 4.72. The summed E-state index contributed by atoms with van der Waals surface area (Å²) in [6.45, 7) is 6.82. The summed E-state index contributed by atoms with van der Waals surface area (Å²) in [6, 6.07) is 6.77. The molecule has 0 radical (unpaired) electrons. The summed E-state index contributed by atoms with van der Waals surface area (Å²) >= 11 is 0. The Bertz CT molecular complexity index is 774. The molecule has 0 saturated carbocycles. The van der Waals surface area contributed by atoms with E-state index in [-0.39, 0.29) is 5.56 Å². The van der Waals surface area contributed by atoms with Crippen LogP contribution in [0.1, 0.15) is 31.1 Å². The van der Waals surface area contributed by atoms with Crippen molar-refractivity contribution in [2.45, 2.75) is 20.8 Å². The molecule has 6 nitrogen and oxygen atoms in total. The number of carbonyl (C=O) groups is 2. The molecule has 0 spiro atoms. The van der Waals surface area contributed by atoms with E-state index in [1.54, 1.807) is 12.1 Å². The first-order valence-electron chi connectivity index (χ1n) is 7.01. The van der Waals surface area contributed by atoms with Gasteiger partial charge in [0.1, 0.15) is 11.1 Å². The topological polar surface area (TPSA) is 76.8 Å². The Kier molecular flexibility index (Phi) is 4.60. The van der Waals surface area contributed by atoms with Crippen LogP contribution in [0, 0.1) is 0 Å². The van der Waals surface area contributed by atoms with Gasteiger partial charge in [0.05, 0.1) is 0 Å². The molecule has 0 aliphatic rings. The Morgan fingerprint density at radius 3 is 2.45 bits per heavy atom. The van der Waals surface area contributed by atoms with Gasteiger partial charge in [-0.1, -0.05) is 0 Å². The highest BCUT2D eigenvalue weighted by Gasteiger charge is 2.17. The zero-order valence-electron chi connectivity index (χ0n) is 12.7. The lowest BCUT2D eigenvalue weighted by Gasteiger charge is -2.20. The molecule has 0 bridgehead atoms. The number of rotatable bonds is 4. The second-order valence-corrected chi connectivity index (χ2v) is 4.72. The van der Waals surface area contributed by atoms with Gasteiger partial charge < -0.3 is 14.1 Å². The van der Waals surface area contributed by atoms with E-state index in [4.69, 9.17) is 4.42 Å². The van der Waals surface area contributed by atoms with Gasteiger partial charge in [0.25, 0.3) is 0 Å². The molecular formula is C16H17NO5. The van der Waals surface area contributed by atoms with Gasteiger partial charge >= 0.3 is 17.6 Å². The van der Waals surface area contributed by atoms with E-state index in [1.165, 1.54) is 6.07 Å². The van der Waals surface area contributed by atoms with Crippen molar-refractivity contribution < 1.29 is 18.7 Å². The molecule has 0 atom stereocenters. The molecule has 2 rings (SSSR count). The van der Waals surface area contributed by atoms with Crippen molar-refractivity contribution in [3.05, 3.63) is 40.2 Å². The number of ether oxygens (including phenoxy) is 1. The molecule has 0 unspecified atom stereocenters. The molecule has 0 N–H and O–H groups in total. The van der Waals surface area contributed by atoms with Crippen LogP contribution in [0.15, 0.2) is 33.5 Å². The van der Waals surface area contributed by atoms with Gasteiger partial charge in [-0.05, 0) is 32.0 Å². The molecule has 22 heavy (non-hydrogen) atoms. The van der Waals surface area contributed by atoms with E-state index in [9.17, 15) is 14.4 Å². The highest BCUT2D eigenvalue weighted by molar-refractivity contribution is 5.98. The number of benzene rings is 1. The Balaban J connectivity index is 2.48. The molecule has 116 valence electrons. The Labute approximate surface area is 127 Å². The minimum Gasteiger partial charge on any atom is -0.422 e. The van der Waals surface area contributed by atoms with Crippen LogP contribution in [-0.2, 0) is 9.53 Å². The maximum absolute atomic E-state index is 11.9. The van der Waals surface area contributed by atoms with Crippen LogP contribution in [0.5, 0.6) is 0 Å². The molecule has 1 aromatic heterocycles. The first-order valence-corrected chi connectivity index (χ1v) is 7.01. The van der Waals surface area contributed by atoms with Crippen LogP contribution in [-0.4, -0.2) is 25.0 Å². The standard InChI is InChI=1S/C16H17NO5/c1-4-17(5-2)12-7-6-11-8-13(15(19)21-10(3)18)16(20)22-14(11)9-12/h6-9H,4-5H2,1-3H3. The highest BCUT2D eigenvalue weighted by atomic mass is 16.6. The van der Waals surface area contributed by atoms with Crippen LogP contribution in [0.3, 0.4) is 0 Å². The van der Waals surface area contributed by atoms with Crippen LogP contribution in [0.2, 0.25) is 0 Å². The summed E-state index contributed by atoms with van der Waals surface area (Å²) in [5, 5.41) is 0.589. The summed E-state index contributed by atoms with van der Waals surface area (Å²) in [4.78, 5) is 36.5. The predicted molar refractivity (Wildman–Crippen MR) is 82.1 cm³/mol. The molecule has 0 amide bonds. The monoisotopic (exact) mass is 303 g/mol. The molecule has 1 aromatic carbocycles. The van der Waals surface area contributed by atoms with E-state index in [2.05, 4.69) is 9.64 Å². The lowest BCUT2D eigenvalue weighted by molar-refractivity contribution is -0.135. The van der Waals surface area contributed by atoms with Crippen LogP contribution in [0.4, 0.5) is 5.69 Å². The summed E-state index contributed by atoms with van der Waals surface area (Å²) in [5.74, 6) is -1.78. The maximum Gasteiger partial charge on any atom is 0.353 e. The van der Waals surface area contributed by atoms with Gasteiger partial charge in [-0.2, -0.15) is 0 Å². The third-order valence-electron chi connectivity index (χ3n) is 3.30. The highest BCUT2D eigenvalue weighted by Crippen LogP contribution is 2.22. The third-order valence-corrected chi connectivity index (χ3v) is 3.30. The molecule has 2 aromatic rings. The van der Waals surface area contributed by atoms with Crippen molar-refractivity contribution in [2.75, 3.05) is 18.0 Å². The summed E-state index contributed by atoms with van der Waals surface area (Å²) in [6.07, 6.45) is 0. The average molecular weight is 303 g/mol. The van der Waals surface area contributed by atoms with E-state index >= 15 is 0 Å². The molecule has 6 heteroatoms. The number of carbonyl (C=O) groups excluding carboxylic acids is 2. The van der Waals surface area contributed by atoms with E-state index < -0.39 is 17.6 Å². The fourth-order valence-corrected chi connectivity index (χ4v) is 2.21. The van der Waals surface area contributed by atoms with Crippen molar-refractivity contribution in [1.29, 1.82) is 0 Å². The lowest BCUT2D eigenvalue weighted by Crippen LogP contribution is -2.22. The minimum atomic E-state index is -1.00. The van der Waals surface area contributed by atoms with Gasteiger partial charge in [-0.25, -0.2) is 9.59 Å². The molecule has 0 fully saturated rings. The largest absolute Gasteiger partial charge is 0.422 e. The quantitative estimate of drug-likeness (QED) is 0.490. The molecule has 0 saturated heterocycles. The van der Waals surface area contributed by atoms with Crippen LogP contribution in [0.25, 0.3) is 11.0 Å². The van der Waals surface area contributed by atoms with Gasteiger partial charge in [0, 0.05) is 37.2 Å². The lowest BCUT2D eigenvalue weighted by atomic mass is 10.1. The van der Waals surface area contributed by atoms with Crippen molar-refractivity contribution in [1.82, 2.24) is 0 Å². The summed E-state index contributed by atoms with van der Waals surface area (Å²) in [7, 11) is 0. The van der Waals surface area contributed by atoms with Crippen molar-refractivity contribution in [3.63, 3.8) is 0 Å². The Morgan fingerprint density at radius 1 is 1.18 bits per heavy atom. The SMILES string of the molecule is CCN(CC)c1ccc2cc(C(=O)OC(C)=O)c(=O)oc2c1. The normalized spacial score (nSPS) is 10.5. The second kappa shape index (κ2) is 6.43. The van der Waals surface area contributed by atoms with Crippen molar-refractivity contribution >= 4 is 28.6 Å². The Hall–Kier alpha value is -2.63. The summed E-state index contributed by atoms with van der Waals surface area (Å²) in [5.41, 5.74) is 0.197. The zero-order valence-corrected chi connectivity index (χ0v) is 12.7. The molecule has 0 aliphatic carbocycles. The van der Waals surface area contributed by atoms with E-state index in [0.29, 0.717) is 11.0 Å².